The Morgan fingerprint density at radius 1 is 1.41 bits per heavy atom. The summed E-state index contributed by atoms with van der Waals surface area (Å²) in [7, 11) is 1.60. The molecule has 1 aromatic carbocycles. The van der Waals surface area contributed by atoms with E-state index in [0.29, 0.717) is 5.92 Å². The van der Waals surface area contributed by atoms with E-state index in [0.717, 1.165) is 22.2 Å². The second-order valence-electron chi connectivity index (χ2n) is 4.63. The van der Waals surface area contributed by atoms with E-state index in [4.69, 9.17) is 10.5 Å². The summed E-state index contributed by atoms with van der Waals surface area (Å²) in [5.74, 6) is 1.18. The van der Waals surface area contributed by atoms with E-state index >= 15 is 0 Å². The third-order valence-corrected chi connectivity index (χ3v) is 3.39. The lowest BCUT2D eigenvalue weighted by molar-refractivity contribution is 0.135. The average Bonchev–Trinajstić information content (AvgIpc) is 2.28. The van der Waals surface area contributed by atoms with Crippen LogP contribution >= 0.6 is 15.9 Å². The molecule has 0 fully saturated rings. The van der Waals surface area contributed by atoms with Crippen LogP contribution in [0.4, 0.5) is 0 Å². The molecule has 17 heavy (non-hydrogen) atoms. The van der Waals surface area contributed by atoms with Crippen LogP contribution in [0.3, 0.4) is 0 Å². The number of nitrogens with two attached hydrogens (primary N) is 1. The highest BCUT2D eigenvalue weighted by Gasteiger charge is 2.20. The van der Waals surface area contributed by atoms with Crippen LogP contribution < -0.4 is 10.5 Å². The van der Waals surface area contributed by atoms with Crippen molar-refractivity contribution in [2.45, 2.75) is 32.4 Å². The van der Waals surface area contributed by atoms with E-state index in [1.54, 1.807) is 7.11 Å². The molecule has 0 radical (unpaired) electrons. The highest BCUT2D eigenvalue weighted by atomic mass is 79.9. The van der Waals surface area contributed by atoms with Gasteiger partial charge in [0.05, 0.1) is 13.2 Å². The van der Waals surface area contributed by atoms with Crippen LogP contribution in [0.25, 0.3) is 0 Å². The number of aliphatic hydroxyl groups excluding tert-OH is 1. The molecule has 0 aliphatic heterocycles. The van der Waals surface area contributed by atoms with E-state index in [-0.39, 0.29) is 6.04 Å². The maximum absolute atomic E-state index is 10.2. The highest BCUT2D eigenvalue weighted by molar-refractivity contribution is 9.10. The Balaban J connectivity index is 2.90. The van der Waals surface area contributed by atoms with Gasteiger partial charge in [0.15, 0.2) is 0 Å². The van der Waals surface area contributed by atoms with E-state index in [1.165, 1.54) is 0 Å². The van der Waals surface area contributed by atoms with Gasteiger partial charge in [-0.25, -0.2) is 0 Å². The Bertz CT molecular complexity index is 368. The van der Waals surface area contributed by atoms with Crippen LogP contribution in [0, 0.1) is 5.92 Å². The first-order valence-corrected chi connectivity index (χ1v) is 6.52. The van der Waals surface area contributed by atoms with Crippen LogP contribution in [-0.2, 0) is 0 Å². The standard InChI is InChI=1S/C13H20BrNO2/c1-8(2)6-12(15)13(16)10-7-9(17-3)4-5-11(10)14/h4-5,7-8,12-13,16H,6,15H2,1-3H3. The predicted octanol–water partition coefficient (Wildman–Crippen LogP) is 2.86. The molecule has 1 rings (SSSR count). The number of aliphatic hydroxyl groups is 1. The second-order valence-corrected chi connectivity index (χ2v) is 5.48. The summed E-state index contributed by atoms with van der Waals surface area (Å²) in [6, 6.07) is 5.25. The summed E-state index contributed by atoms with van der Waals surface area (Å²) in [6.45, 7) is 4.18. The minimum Gasteiger partial charge on any atom is -0.497 e. The molecule has 3 nitrogen and oxygen atoms in total. The van der Waals surface area contributed by atoms with Crippen LogP contribution in [0.2, 0.25) is 0 Å². The molecule has 0 saturated heterocycles. The first kappa shape index (κ1) is 14.5. The monoisotopic (exact) mass is 301 g/mol. The second kappa shape index (κ2) is 6.38. The van der Waals surface area contributed by atoms with Crippen molar-refractivity contribution in [2.24, 2.45) is 11.7 Å². The fourth-order valence-electron chi connectivity index (χ4n) is 1.78. The Kier molecular flexibility index (Phi) is 5.43. The van der Waals surface area contributed by atoms with E-state index in [9.17, 15) is 5.11 Å². The SMILES string of the molecule is COc1ccc(Br)c(C(O)C(N)CC(C)C)c1. The summed E-state index contributed by atoms with van der Waals surface area (Å²) in [5, 5.41) is 10.2. The number of hydrogen-bond donors (Lipinski definition) is 2. The number of halogens is 1. The van der Waals surface area contributed by atoms with Gasteiger partial charge in [0.25, 0.3) is 0 Å². The molecular formula is C13H20BrNO2. The Hall–Kier alpha value is -0.580. The summed E-state index contributed by atoms with van der Waals surface area (Å²) >= 11 is 3.42. The van der Waals surface area contributed by atoms with Gasteiger partial charge in [-0.05, 0) is 36.1 Å². The van der Waals surface area contributed by atoms with Crippen molar-refractivity contribution in [3.63, 3.8) is 0 Å². The highest BCUT2D eigenvalue weighted by Crippen LogP contribution is 2.30. The molecule has 0 aliphatic carbocycles. The minimum atomic E-state index is -0.679. The lowest BCUT2D eigenvalue weighted by Gasteiger charge is -2.22. The number of ether oxygens (including phenoxy) is 1. The fourth-order valence-corrected chi connectivity index (χ4v) is 2.26. The van der Waals surface area contributed by atoms with Gasteiger partial charge >= 0.3 is 0 Å². The van der Waals surface area contributed by atoms with Crippen molar-refractivity contribution >= 4 is 15.9 Å². The van der Waals surface area contributed by atoms with Crippen molar-refractivity contribution in [3.8, 4) is 5.75 Å². The smallest absolute Gasteiger partial charge is 0.119 e. The molecule has 96 valence electrons. The van der Waals surface area contributed by atoms with E-state index in [1.807, 2.05) is 18.2 Å². The fraction of sp³-hybridized carbons (Fsp3) is 0.538. The summed E-state index contributed by atoms with van der Waals surface area (Å²) < 4.78 is 6.00. The molecule has 0 aromatic heterocycles. The van der Waals surface area contributed by atoms with Gasteiger partial charge in [0, 0.05) is 10.5 Å². The molecular weight excluding hydrogens is 282 g/mol. The zero-order valence-corrected chi connectivity index (χ0v) is 12.1. The van der Waals surface area contributed by atoms with Gasteiger partial charge < -0.3 is 15.6 Å². The zero-order chi connectivity index (χ0) is 13.0. The van der Waals surface area contributed by atoms with Crippen molar-refractivity contribution in [3.05, 3.63) is 28.2 Å². The van der Waals surface area contributed by atoms with Gasteiger partial charge in [-0.2, -0.15) is 0 Å². The largest absolute Gasteiger partial charge is 0.497 e. The van der Waals surface area contributed by atoms with Crippen LogP contribution in [0.1, 0.15) is 31.9 Å². The molecule has 0 amide bonds. The molecule has 0 heterocycles. The van der Waals surface area contributed by atoms with Crippen molar-refractivity contribution in [2.75, 3.05) is 7.11 Å². The third-order valence-electron chi connectivity index (χ3n) is 2.67. The lowest BCUT2D eigenvalue weighted by atomic mass is 9.95. The van der Waals surface area contributed by atoms with E-state index in [2.05, 4.69) is 29.8 Å². The van der Waals surface area contributed by atoms with Crippen LogP contribution in [-0.4, -0.2) is 18.3 Å². The Morgan fingerprint density at radius 2 is 2.06 bits per heavy atom. The van der Waals surface area contributed by atoms with E-state index < -0.39 is 6.10 Å². The minimum absolute atomic E-state index is 0.265. The molecule has 2 unspecified atom stereocenters. The Labute approximate surface area is 111 Å². The average molecular weight is 302 g/mol. The van der Waals surface area contributed by atoms with Crippen molar-refractivity contribution < 1.29 is 9.84 Å². The number of rotatable bonds is 5. The molecule has 2 atom stereocenters. The van der Waals surface area contributed by atoms with Gasteiger partial charge in [-0.15, -0.1) is 0 Å². The third kappa shape index (κ3) is 3.98. The van der Waals surface area contributed by atoms with Gasteiger partial charge in [-0.3, -0.25) is 0 Å². The van der Waals surface area contributed by atoms with Gasteiger partial charge in [-0.1, -0.05) is 29.8 Å². The predicted molar refractivity (Wildman–Crippen MR) is 73.1 cm³/mol. The Morgan fingerprint density at radius 3 is 2.59 bits per heavy atom. The van der Waals surface area contributed by atoms with Crippen molar-refractivity contribution in [1.82, 2.24) is 0 Å². The normalized spacial score (nSPS) is 14.8. The molecule has 3 N–H and O–H groups in total. The van der Waals surface area contributed by atoms with Crippen LogP contribution in [0.15, 0.2) is 22.7 Å². The van der Waals surface area contributed by atoms with Crippen LogP contribution in [0.5, 0.6) is 5.75 Å². The maximum Gasteiger partial charge on any atom is 0.119 e. The molecule has 0 spiro atoms. The lowest BCUT2D eigenvalue weighted by Crippen LogP contribution is -2.30. The number of methoxy groups -OCH3 is 1. The maximum atomic E-state index is 10.2. The van der Waals surface area contributed by atoms with Gasteiger partial charge in [0.1, 0.15) is 5.75 Å². The first-order chi connectivity index (χ1) is 7.95. The zero-order valence-electron chi connectivity index (χ0n) is 10.5. The number of benzene rings is 1. The summed E-state index contributed by atoms with van der Waals surface area (Å²) in [4.78, 5) is 0. The molecule has 1 aromatic rings. The quantitative estimate of drug-likeness (QED) is 0.879. The van der Waals surface area contributed by atoms with Gasteiger partial charge in [0.2, 0.25) is 0 Å². The molecule has 0 bridgehead atoms. The summed E-state index contributed by atoms with van der Waals surface area (Å²) in [5.41, 5.74) is 6.77. The van der Waals surface area contributed by atoms with Crippen molar-refractivity contribution in [1.29, 1.82) is 0 Å². The molecule has 4 heteroatoms. The first-order valence-electron chi connectivity index (χ1n) is 5.72. The topological polar surface area (TPSA) is 55.5 Å². The summed E-state index contributed by atoms with van der Waals surface area (Å²) in [6.07, 6.45) is 0.104. The number of hydrogen-bond acceptors (Lipinski definition) is 3. The molecule has 0 saturated carbocycles. The molecule has 0 aliphatic rings.